The lowest BCUT2D eigenvalue weighted by molar-refractivity contribution is 0.600. The third-order valence-electron chi connectivity index (χ3n) is 2.95. The van der Waals surface area contributed by atoms with Gasteiger partial charge in [-0.15, -0.1) is 0 Å². The average Bonchev–Trinajstić information content (AvgIpc) is 2.37. The molecule has 0 atom stereocenters. The van der Waals surface area contributed by atoms with E-state index in [0.29, 0.717) is 25.9 Å². The van der Waals surface area contributed by atoms with Crippen molar-refractivity contribution in [3.8, 4) is 0 Å². The Morgan fingerprint density at radius 3 is 2.38 bits per heavy atom. The normalized spacial score (nSPS) is 11.4. The van der Waals surface area contributed by atoms with Crippen LogP contribution in [0.2, 0.25) is 0 Å². The molecular formula is C14H14Br2N2O2S. The Balaban J connectivity index is 2.48. The molecule has 4 nitrogen and oxygen atoms in total. The quantitative estimate of drug-likeness (QED) is 0.712. The maximum atomic E-state index is 12.5. The van der Waals surface area contributed by atoms with E-state index in [-0.39, 0.29) is 4.90 Å². The first-order chi connectivity index (χ1) is 9.70. The number of aryl methyl sites for hydroxylation is 2. The van der Waals surface area contributed by atoms with Crippen molar-refractivity contribution < 1.29 is 8.42 Å². The Morgan fingerprint density at radius 2 is 1.71 bits per heavy atom. The molecule has 3 N–H and O–H groups in total. The first-order valence-corrected chi connectivity index (χ1v) is 9.12. The lowest BCUT2D eigenvalue weighted by atomic mass is 10.2. The summed E-state index contributed by atoms with van der Waals surface area (Å²) in [7, 11) is -3.70. The van der Waals surface area contributed by atoms with E-state index in [0.717, 1.165) is 5.56 Å². The van der Waals surface area contributed by atoms with Crippen molar-refractivity contribution in [1.82, 2.24) is 0 Å². The topological polar surface area (TPSA) is 72.2 Å². The lowest BCUT2D eigenvalue weighted by Gasteiger charge is -2.13. The van der Waals surface area contributed by atoms with Crippen LogP contribution in [0.5, 0.6) is 0 Å². The van der Waals surface area contributed by atoms with Gasteiger partial charge in [-0.2, -0.15) is 0 Å². The molecule has 7 heteroatoms. The van der Waals surface area contributed by atoms with Crippen molar-refractivity contribution in [2.45, 2.75) is 18.7 Å². The first kappa shape index (κ1) is 16.3. The summed E-state index contributed by atoms with van der Waals surface area (Å²) < 4.78 is 29.0. The SMILES string of the molecule is Cc1ccc(Br)c(NS(=O)(=O)c2cc(N)c(Br)cc2C)c1. The summed E-state index contributed by atoms with van der Waals surface area (Å²) in [5, 5.41) is 0. The van der Waals surface area contributed by atoms with Crippen molar-refractivity contribution in [3.63, 3.8) is 0 Å². The minimum Gasteiger partial charge on any atom is -0.398 e. The van der Waals surface area contributed by atoms with Crippen molar-refractivity contribution in [2.75, 3.05) is 10.5 Å². The van der Waals surface area contributed by atoms with E-state index in [1.807, 2.05) is 13.0 Å². The minimum absolute atomic E-state index is 0.164. The summed E-state index contributed by atoms with van der Waals surface area (Å²) >= 11 is 6.63. The predicted molar refractivity (Wildman–Crippen MR) is 93.0 cm³/mol. The van der Waals surface area contributed by atoms with E-state index in [4.69, 9.17) is 5.73 Å². The number of hydrogen-bond acceptors (Lipinski definition) is 3. The van der Waals surface area contributed by atoms with Crippen LogP contribution in [0.25, 0.3) is 0 Å². The Hall–Kier alpha value is -1.05. The second kappa shape index (κ2) is 5.98. The molecule has 0 amide bonds. The summed E-state index contributed by atoms with van der Waals surface area (Å²) in [4.78, 5) is 0.164. The molecule has 0 bridgehead atoms. The smallest absolute Gasteiger partial charge is 0.262 e. The average molecular weight is 434 g/mol. The summed E-state index contributed by atoms with van der Waals surface area (Å²) in [6, 6.07) is 8.60. The number of halogens is 2. The fourth-order valence-corrected chi connectivity index (χ4v) is 4.14. The van der Waals surface area contributed by atoms with Crippen LogP contribution >= 0.6 is 31.9 Å². The molecular weight excluding hydrogens is 420 g/mol. The van der Waals surface area contributed by atoms with Gasteiger partial charge in [-0.3, -0.25) is 4.72 Å². The van der Waals surface area contributed by atoms with Crippen molar-refractivity contribution in [3.05, 3.63) is 50.4 Å². The Morgan fingerprint density at radius 1 is 1.05 bits per heavy atom. The number of nitrogens with one attached hydrogen (secondary N) is 1. The highest BCUT2D eigenvalue weighted by Gasteiger charge is 2.19. The number of sulfonamides is 1. The number of benzene rings is 2. The summed E-state index contributed by atoms with van der Waals surface area (Å²) in [6.07, 6.45) is 0. The largest absolute Gasteiger partial charge is 0.398 e. The molecule has 0 saturated heterocycles. The maximum Gasteiger partial charge on any atom is 0.262 e. The van der Waals surface area contributed by atoms with Crippen LogP contribution in [0, 0.1) is 13.8 Å². The fourth-order valence-electron chi connectivity index (χ4n) is 1.88. The maximum absolute atomic E-state index is 12.5. The molecule has 0 spiro atoms. The van der Waals surface area contributed by atoms with Gasteiger partial charge in [0.1, 0.15) is 0 Å². The van der Waals surface area contributed by atoms with Crippen LogP contribution in [-0.4, -0.2) is 8.42 Å². The van der Waals surface area contributed by atoms with Crippen molar-refractivity contribution in [1.29, 1.82) is 0 Å². The van der Waals surface area contributed by atoms with Gasteiger partial charge in [0, 0.05) is 14.6 Å². The highest BCUT2D eigenvalue weighted by molar-refractivity contribution is 9.11. The van der Waals surface area contributed by atoms with Gasteiger partial charge in [-0.1, -0.05) is 6.07 Å². The number of rotatable bonds is 3. The van der Waals surface area contributed by atoms with E-state index >= 15 is 0 Å². The van der Waals surface area contributed by atoms with Gasteiger partial charge >= 0.3 is 0 Å². The van der Waals surface area contributed by atoms with E-state index in [2.05, 4.69) is 36.6 Å². The highest BCUT2D eigenvalue weighted by atomic mass is 79.9. The Kier molecular flexibility index (Phi) is 4.65. The molecule has 21 heavy (non-hydrogen) atoms. The molecule has 0 heterocycles. The standard InChI is InChI=1S/C14H14Br2N2O2S/c1-8-3-4-10(15)13(5-8)18-21(19,20)14-7-12(17)11(16)6-9(14)2/h3-7,18H,17H2,1-2H3. The number of anilines is 2. The van der Waals surface area contributed by atoms with Crippen LogP contribution in [0.3, 0.4) is 0 Å². The van der Waals surface area contributed by atoms with Crippen LogP contribution in [0.1, 0.15) is 11.1 Å². The third-order valence-corrected chi connectivity index (χ3v) is 5.84. The van der Waals surface area contributed by atoms with Gasteiger partial charge in [0.15, 0.2) is 0 Å². The fraction of sp³-hybridized carbons (Fsp3) is 0.143. The van der Waals surface area contributed by atoms with Gasteiger partial charge in [0.05, 0.1) is 10.6 Å². The molecule has 2 aromatic carbocycles. The van der Waals surface area contributed by atoms with Gasteiger partial charge in [0.2, 0.25) is 0 Å². The molecule has 0 aliphatic rings. The van der Waals surface area contributed by atoms with Crippen LogP contribution in [0.4, 0.5) is 11.4 Å². The summed E-state index contributed by atoms with van der Waals surface area (Å²) in [6.45, 7) is 3.62. The molecule has 112 valence electrons. The van der Waals surface area contributed by atoms with E-state index < -0.39 is 10.0 Å². The molecule has 0 aliphatic heterocycles. The summed E-state index contributed by atoms with van der Waals surface area (Å²) in [5.41, 5.74) is 8.24. The Bertz CT molecular complexity index is 805. The molecule has 2 rings (SSSR count). The Labute approximate surface area is 141 Å². The molecule has 0 aliphatic carbocycles. The predicted octanol–water partition coefficient (Wildman–Crippen LogP) is 4.21. The van der Waals surface area contributed by atoms with Crippen LogP contribution < -0.4 is 10.5 Å². The van der Waals surface area contributed by atoms with E-state index in [9.17, 15) is 8.42 Å². The zero-order valence-electron chi connectivity index (χ0n) is 11.4. The highest BCUT2D eigenvalue weighted by Crippen LogP contribution is 2.30. The monoisotopic (exact) mass is 432 g/mol. The second-order valence-electron chi connectivity index (χ2n) is 4.73. The van der Waals surface area contributed by atoms with Gasteiger partial charge in [-0.05, 0) is 81.1 Å². The molecule has 0 unspecified atom stereocenters. The van der Waals surface area contributed by atoms with Crippen LogP contribution in [0.15, 0.2) is 44.2 Å². The zero-order chi connectivity index (χ0) is 15.8. The van der Waals surface area contributed by atoms with Gasteiger partial charge < -0.3 is 5.73 Å². The third kappa shape index (κ3) is 3.59. The van der Waals surface area contributed by atoms with Crippen LogP contribution in [-0.2, 0) is 10.0 Å². The van der Waals surface area contributed by atoms with Gasteiger partial charge in [0.25, 0.3) is 10.0 Å². The molecule has 0 radical (unpaired) electrons. The molecule has 0 fully saturated rings. The van der Waals surface area contributed by atoms with Crippen molar-refractivity contribution >= 4 is 53.3 Å². The minimum atomic E-state index is -3.70. The number of hydrogen-bond donors (Lipinski definition) is 2. The zero-order valence-corrected chi connectivity index (χ0v) is 15.4. The first-order valence-electron chi connectivity index (χ1n) is 6.05. The number of nitrogen functional groups attached to an aromatic ring is 1. The van der Waals surface area contributed by atoms with E-state index in [1.165, 1.54) is 6.07 Å². The number of nitrogens with two attached hydrogens (primary N) is 1. The second-order valence-corrected chi connectivity index (χ2v) is 8.09. The van der Waals surface area contributed by atoms with Crippen molar-refractivity contribution in [2.24, 2.45) is 0 Å². The molecule has 0 aromatic heterocycles. The summed E-state index contributed by atoms with van der Waals surface area (Å²) in [5.74, 6) is 0. The molecule has 2 aromatic rings. The van der Waals surface area contributed by atoms with Gasteiger partial charge in [-0.25, -0.2) is 8.42 Å². The lowest BCUT2D eigenvalue weighted by Crippen LogP contribution is -2.15. The molecule has 0 saturated carbocycles. The van der Waals surface area contributed by atoms with E-state index in [1.54, 1.807) is 25.1 Å².